The van der Waals surface area contributed by atoms with Crippen molar-refractivity contribution in [1.29, 1.82) is 0 Å². The monoisotopic (exact) mass is 212 g/mol. The van der Waals surface area contributed by atoms with Gasteiger partial charge in [0, 0.05) is 6.04 Å². The van der Waals surface area contributed by atoms with Crippen LogP contribution in [0.5, 0.6) is 0 Å². The molecule has 0 aromatic rings. The number of hydrogen-bond acceptors (Lipinski definition) is 4. The standard InChI is InChI=1S/C11H20N2O2/c1-15-10(14)11(4-6-13-7-5-11)9(12)8-2-3-8/h8-9,13H,2-7,12H2,1H3/t9-/m1/s1. The lowest BCUT2D eigenvalue weighted by Crippen LogP contribution is -2.54. The Balaban J connectivity index is 2.15. The van der Waals surface area contributed by atoms with E-state index in [2.05, 4.69) is 5.32 Å². The number of carbonyl (C=O) groups is 1. The highest BCUT2D eigenvalue weighted by atomic mass is 16.5. The van der Waals surface area contributed by atoms with E-state index >= 15 is 0 Å². The molecule has 4 nitrogen and oxygen atoms in total. The van der Waals surface area contributed by atoms with Crippen molar-refractivity contribution >= 4 is 5.97 Å². The Morgan fingerprint density at radius 2 is 2.07 bits per heavy atom. The van der Waals surface area contributed by atoms with Crippen molar-refractivity contribution < 1.29 is 9.53 Å². The number of esters is 1. The van der Waals surface area contributed by atoms with Gasteiger partial charge in [0.15, 0.2) is 0 Å². The van der Waals surface area contributed by atoms with E-state index in [0.717, 1.165) is 25.9 Å². The molecule has 1 aliphatic carbocycles. The number of carbonyl (C=O) groups excluding carboxylic acids is 1. The molecule has 1 saturated heterocycles. The number of methoxy groups -OCH3 is 1. The van der Waals surface area contributed by atoms with Gasteiger partial charge in [0.05, 0.1) is 12.5 Å². The van der Waals surface area contributed by atoms with Gasteiger partial charge in [-0.2, -0.15) is 0 Å². The van der Waals surface area contributed by atoms with E-state index in [1.54, 1.807) is 0 Å². The second-order valence-corrected chi connectivity index (χ2v) is 4.76. The zero-order valence-electron chi connectivity index (χ0n) is 9.29. The van der Waals surface area contributed by atoms with Gasteiger partial charge in [-0.05, 0) is 44.7 Å². The normalized spacial score (nSPS) is 27.1. The summed E-state index contributed by atoms with van der Waals surface area (Å²) in [6, 6.07) is -0.00736. The molecule has 0 spiro atoms. The fourth-order valence-corrected chi connectivity index (χ4v) is 2.66. The van der Waals surface area contributed by atoms with Crippen LogP contribution < -0.4 is 11.1 Å². The first-order chi connectivity index (χ1) is 7.20. The first kappa shape index (κ1) is 10.9. The number of rotatable bonds is 3. The summed E-state index contributed by atoms with van der Waals surface area (Å²) in [5.74, 6) is 0.436. The molecule has 3 N–H and O–H groups in total. The van der Waals surface area contributed by atoms with Gasteiger partial charge in [-0.3, -0.25) is 4.79 Å². The van der Waals surface area contributed by atoms with E-state index in [0.29, 0.717) is 5.92 Å². The summed E-state index contributed by atoms with van der Waals surface area (Å²) in [7, 11) is 1.46. The van der Waals surface area contributed by atoms with Gasteiger partial charge in [-0.25, -0.2) is 0 Å². The van der Waals surface area contributed by atoms with Crippen LogP contribution in [0.15, 0.2) is 0 Å². The molecule has 0 aromatic heterocycles. The Labute approximate surface area is 90.5 Å². The maximum atomic E-state index is 11.9. The average Bonchev–Trinajstić information content (AvgIpc) is 3.11. The zero-order valence-corrected chi connectivity index (χ0v) is 9.29. The van der Waals surface area contributed by atoms with E-state index < -0.39 is 5.41 Å². The number of piperidine rings is 1. The fraction of sp³-hybridized carbons (Fsp3) is 0.909. The molecule has 0 amide bonds. The molecule has 2 rings (SSSR count). The maximum Gasteiger partial charge on any atom is 0.313 e. The van der Waals surface area contributed by atoms with Crippen LogP contribution in [0.3, 0.4) is 0 Å². The number of nitrogens with two attached hydrogens (primary N) is 1. The lowest BCUT2D eigenvalue weighted by atomic mass is 9.71. The summed E-state index contributed by atoms with van der Waals surface area (Å²) in [5, 5.41) is 3.27. The van der Waals surface area contributed by atoms with Gasteiger partial charge >= 0.3 is 5.97 Å². The summed E-state index contributed by atoms with van der Waals surface area (Å²) in [5.41, 5.74) is 5.82. The molecule has 2 fully saturated rings. The molecule has 0 bridgehead atoms. The molecule has 1 heterocycles. The second kappa shape index (κ2) is 4.10. The van der Waals surface area contributed by atoms with E-state index in [4.69, 9.17) is 10.5 Å². The van der Waals surface area contributed by atoms with Crippen LogP contribution in [0, 0.1) is 11.3 Å². The third kappa shape index (κ3) is 1.88. The predicted molar refractivity (Wildman–Crippen MR) is 57.3 cm³/mol. The SMILES string of the molecule is COC(=O)C1([C@H](N)C2CC2)CCNCC1. The van der Waals surface area contributed by atoms with Crippen LogP contribution in [0.2, 0.25) is 0 Å². The highest BCUT2D eigenvalue weighted by Crippen LogP contribution is 2.44. The topological polar surface area (TPSA) is 64.3 Å². The second-order valence-electron chi connectivity index (χ2n) is 4.76. The highest BCUT2D eigenvalue weighted by molar-refractivity contribution is 5.78. The van der Waals surface area contributed by atoms with Gasteiger partial charge in [0.25, 0.3) is 0 Å². The molecule has 0 unspecified atom stereocenters. The smallest absolute Gasteiger partial charge is 0.313 e. The minimum Gasteiger partial charge on any atom is -0.469 e. The quantitative estimate of drug-likeness (QED) is 0.659. The number of ether oxygens (including phenoxy) is 1. The Morgan fingerprint density at radius 1 is 1.47 bits per heavy atom. The lowest BCUT2D eigenvalue weighted by Gasteiger charge is -2.39. The van der Waals surface area contributed by atoms with E-state index in [-0.39, 0.29) is 12.0 Å². The van der Waals surface area contributed by atoms with Crippen molar-refractivity contribution in [3.8, 4) is 0 Å². The molecular weight excluding hydrogens is 192 g/mol. The van der Waals surface area contributed by atoms with Crippen LogP contribution in [0.1, 0.15) is 25.7 Å². The first-order valence-corrected chi connectivity index (χ1v) is 5.75. The van der Waals surface area contributed by atoms with Gasteiger partial charge in [0.1, 0.15) is 0 Å². The molecule has 1 aliphatic heterocycles. The molecule has 1 atom stereocenters. The van der Waals surface area contributed by atoms with E-state index in [9.17, 15) is 4.79 Å². The van der Waals surface area contributed by atoms with Gasteiger partial charge in [0.2, 0.25) is 0 Å². The maximum absolute atomic E-state index is 11.9. The number of hydrogen-bond donors (Lipinski definition) is 2. The molecule has 1 saturated carbocycles. The van der Waals surface area contributed by atoms with Crippen molar-refractivity contribution in [1.82, 2.24) is 5.32 Å². The minimum atomic E-state index is -0.416. The van der Waals surface area contributed by atoms with Crippen molar-refractivity contribution in [2.45, 2.75) is 31.7 Å². The van der Waals surface area contributed by atoms with Crippen molar-refractivity contribution in [2.24, 2.45) is 17.1 Å². The van der Waals surface area contributed by atoms with Crippen LogP contribution >= 0.6 is 0 Å². The fourth-order valence-electron chi connectivity index (χ4n) is 2.66. The van der Waals surface area contributed by atoms with Crippen molar-refractivity contribution in [3.63, 3.8) is 0 Å². The molecule has 15 heavy (non-hydrogen) atoms. The van der Waals surface area contributed by atoms with Gasteiger partial charge < -0.3 is 15.8 Å². The van der Waals surface area contributed by atoms with Crippen LogP contribution in [0.25, 0.3) is 0 Å². The van der Waals surface area contributed by atoms with Gasteiger partial charge in [-0.15, -0.1) is 0 Å². The summed E-state index contributed by atoms with van der Waals surface area (Å²) in [4.78, 5) is 11.9. The third-order valence-corrected chi connectivity index (χ3v) is 3.86. The number of nitrogens with one attached hydrogen (secondary N) is 1. The highest BCUT2D eigenvalue weighted by Gasteiger charge is 2.50. The molecule has 2 aliphatic rings. The van der Waals surface area contributed by atoms with Crippen LogP contribution in [-0.2, 0) is 9.53 Å². The van der Waals surface area contributed by atoms with Crippen molar-refractivity contribution in [2.75, 3.05) is 20.2 Å². The van der Waals surface area contributed by atoms with Crippen LogP contribution in [0.4, 0.5) is 0 Å². The van der Waals surface area contributed by atoms with Crippen molar-refractivity contribution in [3.05, 3.63) is 0 Å². The summed E-state index contributed by atoms with van der Waals surface area (Å²) < 4.78 is 4.95. The van der Waals surface area contributed by atoms with Gasteiger partial charge in [-0.1, -0.05) is 0 Å². The zero-order chi connectivity index (χ0) is 10.9. The molecular formula is C11H20N2O2. The molecule has 0 radical (unpaired) electrons. The Morgan fingerprint density at radius 3 is 2.53 bits per heavy atom. The third-order valence-electron chi connectivity index (χ3n) is 3.86. The molecule has 4 heteroatoms. The minimum absolute atomic E-state index is 0.00736. The summed E-state index contributed by atoms with van der Waals surface area (Å²) in [6.45, 7) is 1.74. The van der Waals surface area contributed by atoms with E-state index in [1.165, 1.54) is 20.0 Å². The first-order valence-electron chi connectivity index (χ1n) is 5.75. The van der Waals surface area contributed by atoms with Crippen LogP contribution in [-0.4, -0.2) is 32.2 Å². The Bertz CT molecular complexity index is 245. The average molecular weight is 212 g/mol. The van der Waals surface area contributed by atoms with E-state index in [1.807, 2.05) is 0 Å². The summed E-state index contributed by atoms with van der Waals surface area (Å²) >= 11 is 0. The Hall–Kier alpha value is -0.610. The lowest BCUT2D eigenvalue weighted by molar-refractivity contribution is -0.156. The molecule has 86 valence electrons. The molecule has 0 aromatic carbocycles. The summed E-state index contributed by atoms with van der Waals surface area (Å²) in [6.07, 6.45) is 3.98. The largest absolute Gasteiger partial charge is 0.469 e. The Kier molecular flexibility index (Phi) is 2.98. The predicted octanol–water partition coefficient (Wildman–Crippen LogP) is 0.267.